The second-order valence-corrected chi connectivity index (χ2v) is 7.06. The van der Waals surface area contributed by atoms with Gasteiger partial charge in [0, 0.05) is 6.04 Å². The van der Waals surface area contributed by atoms with Crippen LogP contribution in [0.15, 0.2) is 18.2 Å². The maximum absolute atomic E-state index is 12.4. The molecule has 1 amide bonds. The van der Waals surface area contributed by atoms with Gasteiger partial charge in [0.05, 0.1) is 20.6 Å². The van der Waals surface area contributed by atoms with Crippen LogP contribution in [0.2, 0.25) is 0 Å². The minimum Gasteiger partial charge on any atom is -0.493 e. The Balaban J connectivity index is 1.57. The van der Waals surface area contributed by atoms with Gasteiger partial charge in [0.1, 0.15) is 0 Å². The summed E-state index contributed by atoms with van der Waals surface area (Å²) in [5.41, 5.74) is 0.945. The summed E-state index contributed by atoms with van der Waals surface area (Å²) in [6.45, 7) is 2.16. The minimum absolute atomic E-state index is 0.0903. The molecule has 1 aromatic rings. The molecule has 2 aliphatic carbocycles. The van der Waals surface area contributed by atoms with E-state index in [9.17, 15) is 4.79 Å². The van der Waals surface area contributed by atoms with Crippen molar-refractivity contribution in [1.82, 2.24) is 5.32 Å². The van der Waals surface area contributed by atoms with Crippen LogP contribution in [0.25, 0.3) is 0 Å². The minimum atomic E-state index is 0.0903. The third kappa shape index (κ3) is 3.46. The number of methoxy groups -OCH3 is 2. The largest absolute Gasteiger partial charge is 0.493 e. The number of nitrogens with one attached hydrogen (secondary N) is 1. The Morgan fingerprint density at radius 2 is 2.00 bits per heavy atom. The summed E-state index contributed by atoms with van der Waals surface area (Å²) in [5.74, 6) is 3.85. The van der Waals surface area contributed by atoms with Gasteiger partial charge < -0.3 is 14.8 Å². The number of hydrogen-bond donors (Lipinski definition) is 1. The lowest BCUT2D eigenvalue weighted by atomic mass is 9.84. The molecule has 4 atom stereocenters. The quantitative estimate of drug-likeness (QED) is 0.876. The Morgan fingerprint density at radius 1 is 1.22 bits per heavy atom. The summed E-state index contributed by atoms with van der Waals surface area (Å²) in [6, 6.07) is 5.92. The van der Waals surface area contributed by atoms with Gasteiger partial charge >= 0.3 is 0 Å². The fraction of sp³-hybridized carbons (Fsp3) is 0.632. The molecule has 2 fully saturated rings. The first-order valence-corrected chi connectivity index (χ1v) is 8.61. The summed E-state index contributed by atoms with van der Waals surface area (Å²) in [7, 11) is 3.22. The molecule has 126 valence electrons. The summed E-state index contributed by atoms with van der Waals surface area (Å²) in [5, 5.41) is 3.21. The molecule has 0 heterocycles. The number of amides is 1. The van der Waals surface area contributed by atoms with E-state index < -0.39 is 0 Å². The van der Waals surface area contributed by atoms with Crippen LogP contribution in [0.4, 0.5) is 0 Å². The van der Waals surface area contributed by atoms with Crippen molar-refractivity contribution in [2.24, 2.45) is 17.8 Å². The molecule has 4 unspecified atom stereocenters. The third-order valence-corrected chi connectivity index (χ3v) is 5.64. The van der Waals surface area contributed by atoms with E-state index in [-0.39, 0.29) is 11.9 Å². The van der Waals surface area contributed by atoms with Crippen LogP contribution in [-0.2, 0) is 11.2 Å². The predicted octanol–water partition coefficient (Wildman–Crippen LogP) is 3.19. The zero-order chi connectivity index (χ0) is 16.4. The molecule has 2 saturated carbocycles. The average Bonchev–Trinajstić information content (AvgIpc) is 3.17. The molecule has 0 aliphatic heterocycles. The first-order valence-electron chi connectivity index (χ1n) is 8.61. The van der Waals surface area contributed by atoms with Crippen molar-refractivity contribution in [2.45, 2.75) is 45.1 Å². The van der Waals surface area contributed by atoms with Crippen molar-refractivity contribution in [3.05, 3.63) is 23.8 Å². The van der Waals surface area contributed by atoms with Gasteiger partial charge in [0.2, 0.25) is 5.91 Å². The van der Waals surface area contributed by atoms with Crippen LogP contribution in [0.1, 0.15) is 38.2 Å². The lowest BCUT2D eigenvalue weighted by molar-refractivity contribution is -0.121. The average molecular weight is 317 g/mol. The molecule has 0 spiro atoms. The van der Waals surface area contributed by atoms with Gasteiger partial charge in [-0.2, -0.15) is 0 Å². The Kier molecular flexibility index (Phi) is 4.79. The van der Waals surface area contributed by atoms with Gasteiger partial charge in [0.15, 0.2) is 11.5 Å². The van der Waals surface area contributed by atoms with Crippen LogP contribution < -0.4 is 14.8 Å². The predicted molar refractivity (Wildman–Crippen MR) is 89.8 cm³/mol. The summed E-state index contributed by atoms with van der Waals surface area (Å²) in [4.78, 5) is 12.4. The summed E-state index contributed by atoms with van der Waals surface area (Å²) in [6.07, 6.45) is 5.80. The second-order valence-electron chi connectivity index (χ2n) is 7.06. The number of benzene rings is 1. The molecular formula is C19H27NO3. The zero-order valence-corrected chi connectivity index (χ0v) is 14.3. The topological polar surface area (TPSA) is 47.6 Å². The SMILES string of the molecule is COc1ccc(CC(=O)NC(C)C2CC3CCC2C3)cc1OC. The van der Waals surface area contributed by atoms with Gasteiger partial charge in [-0.15, -0.1) is 0 Å². The number of hydrogen-bond acceptors (Lipinski definition) is 3. The lowest BCUT2D eigenvalue weighted by Crippen LogP contribution is -2.40. The molecular weight excluding hydrogens is 290 g/mol. The summed E-state index contributed by atoms with van der Waals surface area (Å²) >= 11 is 0. The van der Waals surface area contributed by atoms with E-state index in [0.717, 1.165) is 17.4 Å². The van der Waals surface area contributed by atoms with Crippen molar-refractivity contribution < 1.29 is 14.3 Å². The van der Waals surface area contributed by atoms with Crippen LogP contribution in [0, 0.1) is 17.8 Å². The fourth-order valence-electron chi connectivity index (χ4n) is 4.49. The molecule has 0 saturated heterocycles. The van der Waals surface area contributed by atoms with E-state index >= 15 is 0 Å². The van der Waals surface area contributed by atoms with Gasteiger partial charge in [0.25, 0.3) is 0 Å². The highest BCUT2D eigenvalue weighted by Crippen LogP contribution is 2.49. The zero-order valence-electron chi connectivity index (χ0n) is 14.3. The molecule has 0 radical (unpaired) electrons. The van der Waals surface area contributed by atoms with Crippen molar-refractivity contribution in [2.75, 3.05) is 14.2 Å². The van der Waals surface area contributed by atoms with Crippen molar-refractivity contribution in [3.63, 3.8) is 0 Å². The highest BCUT2D eigenvalue weighted by Gasteiger charge is 2.42. The molecule has 4 nitrogen and oxygen atoms in total. The van der Waals surface area contributed by atoms with E-state index in [2.05, 4.69) is 12.2 Å². The van der Waals surface area contributed by atoms with Gasteiger partial charge in [-0.05, 0) is 61.6 Å². The molecule has 0 aromatic heterocycles. The smallest absolute Gasteiger partial charge is 0.224 e. The Morgan fingerprint density at radius 3 is 2.61 bits per heavy atom. The Bertz CT molecular complexity index is 572. The third-order valence-electron chi connectivity index (χ3n) is 5.64. The standard InChI is InChI=1S/C19H27NO3/c1-12(16-9-13-4-6-15(16)8-13)20-19(21)11-14-5-7-17(22-2)18(10-14)23-3/h5,7,10,12-13,15-16H,4,6,8-9,11H2,1-3H3,(H,20,21). The molecule has 2 aliphatic rings. The number of carbonyl (C=O) groups excluding carboxylic acids is 1. The highest BCUT2D eigenvalue weighted by molar-refractivity contribution is 5.79. The second kappa shape index (κ2) is 6.81. The van der Waals surface area contributed by atoms with E-state index in [0.29, 0.717) is 23.8 Å². The molecule has 3 rings (SSSR count). The van der Waals surface area contributed by atoms with Gasteiger partial charge in [-0.25, -0.2) is 0 Å². The normalized spacial score (nSPS) is 26.8. The van der Waals surface area contributed by atoms with E-state index in [1.807, 2.05) is 18.2 Å². The lowest BCUT2D eigenvalue weighted by Gasteiger charge is -2.28. The number of carbonyl (C=O) groups is 1. The van der Waals surface area contributed by atoms with Crippen molar-refractivity contribution in [3.8, 4) is 11.5 Å². The van der Waals surface area contributed by atoms with Crippen LogP contribution in [0.5, 0.6) is 11.5 Å². The fourth-order valence-corrected chi connectivity index (χ4v) is 4.49. The van der Waals surface area contributed by atoms with Gasteiger partial charge in [-0.1, -0.05) is 12.5 Å². The van der Waals surface area contributed by atoms with E-state index in [1.54, 1.807) is 14.2 Å². The Hall–Kier alpha value is -1.71. The molecule has 4 heteroatoms. The maximum Gasteiger partial charge on any atom is 0.224 e. The number of fused-ring (bicyclic) bond motifs is 2. The Labute approximate surface area is 138 Å². The molecule has 23 heavy (non-hydrogen) atoms. The maximum atomic E-state index is 12.4. The highest BCUT2D eigenvalue weighted by atomic mass is 16.5. The van der Waals surface area contributed by atoms with Crippen LogP contribution in [-0.4, -0.2) is 26.2 Å². The summed E-state index contributed by atoms with van der Waals surface area (Å²) < 4.78 is 10.5. The first kappa shape index (κ1) is 16.2. The van der Waals surface area contributed by atoms with Crippen LogP contribution in [0.3, 0.4) is 0 Å². The molecule has 2 bridgehead atoms. The van der Waals surface area contributed by atoms with Gasteiger partial charge in [-0.3, -0.25) is 4.79 Å². The monoisotopic (exact) mass is 317 g/mol. The van der Waals surface area contributed by atoms with Crippen molar-refractivity contribution in [1.29, 1.82) is 0 Å². The molecule has 1 N–H and O–H groups in total. The van der Waals surface area contributed by atoms with Crippen molar-refractivity contribution >= 4 is 5.91 Å². The first-order chi connectivity index (χ1) is 11.1. The van der Waals surface area contributed by atoms with E-state index in [4.69, 9.17) is 9.47 Å². The number of rotatable bonds is 6. The molecule has 1 aromatic carbocycles. The van der Waals surface area contributed by atoms with E-state index in [1.165, 1.54) is 25.7 Å². The van der Waals surface area contributed by atoms with Crippen LogP contribution >= 0.6 is 0 Å². The number of ether oxygens (including phenoxy) is 2.